The lowest BCUT2D eigenvalue weighted by Crippen LogP contribution is -2.09. The number of benzene rings is 1. The van der Waals surface area contributed by atoms with Crippen LogP contribution in [0.2, 0.25) is 0 Å². The van der Waals surface area contributed by atoms with Gasteiger partial charge in [0.25, 0.3) is 0 Å². The lowest BCUT2D eigenvalue weighted by Gasteiger charge is -2.10. The summed E-state index contributed by atoms with van der Waals surface area (Å²) >= 11 is 0. The molecule has 5 nitrogen and oxygen atoms in total. The Balaban J connectivity index is 2.65. The van der Waals surface area contributed by atoms with Crippen molar-refractivity contribution in [2.24, 2.45) is 0 Å². The first-order valence-corrected chi connectivity index (χ1v) is 5.99. The Kier molecular flexibility index (Phi) is 3.59. The van der Waals surface area contributed by atoms with Gasteiger partial charge in [0, 0.05) is 0 Å². The van der Waals surface area contributed by atoms with E-state index in [0.29, 0.717) is 17.7 Å². The lowest BCUT2D eigenvalue weighted by molar-refractivity contribution is 0.0689. The van der Waals surface area contributed by atoms with Crippen LogP contribution in [0, 0.1) is 12.7 Å². The van der Waals surface area contributed by atoms with Crippen LogP contribution in [-0.2, 0) is 6.42 Å². The summed E-state index contributed by atoms with van der Waals surface area (Å²) in [4.78, 5) is 11.1. The van der Waals surface area contributed by atoms with Gasteiger partial charge >= 0.3 is 5.97 Å². The van der Waals surface area contributed by atoms with Crippen LogP contribution in [0.1, 0.15) is 35.1 Å². The second-order valence-electron chi connectivity index (χ2n) is 4.26. The number of hydrogen-bond donors (Lipinski definition) is 1. The minimum absolute atomic E-state index is 0.121. The Labute approximate surface area is 109 Å². The van der Waals surface area contributed by atoms with Gasteiger partial charge in [-0.2, -0.15) is 0 Å². The zero-order chi connectivity index (χ0) is 14.0. The fraction of sp³-hybridized carbons (Fsp3) is 0.308. The van der Waals surface area contributed by atoms with Crippen molar-refractivity contribution in [2.75, 3.05) is 0 Å². The molecular weight excluding hydrogens is 249 g/mol. The summed E-state index contributed by atoms with van der Waals surface area (Å²) < 4.78 is 15.2. The highest BCUT2D eigenvalue weighted by atomic mass is 19.1. The van der Waals surface area contributed by atoms with Crippen LogP contribution >= 0.6 is 0 Å². The molecule has 0 aliphatic carbocycles. The van der Waals surface area contributed by atoms with Crippen molar-refractivity contribution in [3.05, 3.63) is 41.0 Å². The number of aryl methyl sites for hydroxylation is 1. The van der Waals surface area contributed by atoms with E-state index in [1.807, 2.05) is 6.92 Å². The molecule has 1 aromatic carbocycles. The molecule has 100 valence electrons. The van der Waals surface area contributed by atoms with Gasteiger partial charge in [-0.15, -0.1) is 5.10 Å². The minimum Gasteiger partial charge on any atom is -0.476 e. The molecule has 1 N–H and O–H groups in total. The predicted molar refractivity (Wildman–Crippen MR) is 67.0 cm³/mol. The second-order valence-corrected chi connectivity index (χ2v) is 4.26. The summed E-state index contributed by atoms with van der Waals surface area (Å²) in [6.45, 7) is 3.66. The largest absolute Gasteiger partial charge is 0.476 e. The van der Waals surface area contributed by atoms with Crippen LogP contribution in [-0.4, -0.2) is 26.1 Å². The number of carboxylic acids is 1. The van der Waals surface area contributed by atoms with Crippen LogP contribution in [0.25, 0.3) is 5.69 Å². The smallest absolute Gasteiger partial charge is 0.358 e. The van der Waals surface area contributed by atoms with E-state index >= 15 is 0 Å². The number of aromatic nitrogens is 3. The van der Waals surface area contributed by atoms with E-state index in [-0.39, 0.29) is 11.4 Å². The Morgan fingerprint density at radius 3 is 2.79 bits per heavy atom. The van der Waals surface area contributed by atoms with Gasteiger partial charge in [0.15, 0.2) is 5.69 Å². The SMILES string of the molecule is CCCc1c(C(=O)O)nnn1-c1c(C)cccc1F. The van der Waals surface area contributed by atoms with Crippen molar-refractivity contribution in [1.82, 2.24) is 15.0 Å². The van der Waals surface area contributed by atoms with E-state index in [9.17, 15) is 9.18 Å². The molecule has 2 aromatic rings. The third-order valence-corrected chi connectivity index (χ3v) is 2.85. The number of halogens is 1. The van der Waals surface area contributed by atoms with Gasteiger partial charge in [-0.25, -0.2) is 13.9 Å². The van der Waals surface area contributed by atoms with Crippen molar-refractivity contribution in [2.45, 2.75) is 26.7 Å². The maximum absolute atomic E-state index is 13.9. The first-order valence-electron chi connectivity index (χ1n) is 5.99. The number of rotatable bonds is 4. The van der Waals surface area contributed by atoms with Crippen molar-refractivity contribution in [1.29, 1.82) is 0 Å². The standard InChI is InChI=1S/C13H14FN3O2/c1-3-5-10-11(13(18)19)15-16-17(10)12-8(2)6-4-7-9(12)14/h4,6-7H,3,5H2,1-2H3,(H,18,19). The van der Waals surface area contributed by atoms with Gasteiger partial charge in [0.1, 0.15) is 11.5 Å². The highest BCUT2D eigenvalue weighted by Gasteiger charge is 2.21. The lowest BCUT2D eigenvalue weighted by atomic mass is 10.1. The predicted octanol–water partition coefficient (Wildman–Crippen LogP) is 2.37. The molecule has 0 atom stereocenters. The Morgan fingerprint density at radius 2 is 2.21 bits per heavy atom. The third kappa shape index (κ3) is 2.33. The average Bonchev–Trinajstić information content (AvgIpc) is 2.73. The van der Waals surface area contributed by atoms with Crippen LogP contribution in [0.15, 0.2) is 18.2 Å². The summed E-state index contributed by atoms with van der Waals surface area (Å²) in [5, 5.41) is 16.5. The van der Waals surface area contributed by atoms with Crippen LogP contribution < -0.4 is 0 Å². The molecule has 0 aliphatic rings. The Hall–Kier alpha value is -2.24. The molecule has 0 unspecified atom stereocenters. The maximum Gasteiger partial charge on any atom is 0.358 e. The van der Waals surface area contributed by atoms with E-state index in [1.54, 1.807) is 19.1 Å². The molecule has 0 amide bonds. The molecule has 0 spiro atoms. The fourth-order valence-corrected chi connectivity index (χ4v) is 2.00. The number of carbonyl (C=O) groups is 1. The molecule has 2 rings (SSSR count). The summed E-state index contributed by atoms with van der Waals surface area (Å²) in [5.41, 5.74) is 1.23. The van der Waals surface area contributed by atoms with Crippen molar-refractivity contribution in [3.63, 3.8) is 0 Å². The Morgan fingerprint density at radius 1 is 1.47 bits per heavy atom. The van der Waals surface area contributed by atoms with E-state index in [0.717, 1.165) is 6.42 Å². The van der Waals surface area contributed by atoms with Crippen LogP contribution in [0.4, 0.5) is 4.39 Å². The zero-order valence-electron chi connectivity index (χ0n) is 10.7. The maximum atomic E-state index is 13.9. The number of para-hydroxylation sites is 1. The first-order chi connectivity index (χ1) is 9.06. The van der Waals surface area contributed by atoms with Gasteiger partial charge in [0.05, 0.1) is 5.69 Å². The van der Waals surface area contributed by atoms with Crippen LogP contribution in [0.5, 0.6) is 0 Å². The third-order valence-electron chi connectivity index (χ3n) is 2.85. The van der Waals surface area contributed by atoms with Gasteiger partial charge in [0.2, 0.25) is 0 Å². The number of carboxylic acid groups (broad SMARTS) is 1. The zero-order valence-corrected chi connectivity index (χ0v) is 10.7. The molecule has 0 saturated carbocycles. The molecule has 1 heterocycles. The van der Waals surface area contributed by atoms with E-state index in [4.69, 9.17) is 5.11 Å². The summed E-state index contributed by atoms with van der Waals surface area (Å²) in [6, 6.07) is 4.67. The minimum atomic E-state index is -1.15. The molecule has 6 heteroatoms. The van der Waals surface area contributed by atoms with E-state index in [1.165, 1.54) is 10.7 Å². The van der Waals surface area contributed by atoms with Crippen molar-refractivity contribution in [3.8, 4) is 5.69 Å². The number of hydrogen-bond acceptors (Lipinski definition) is 3. The number of aromatic carboxylic acids is 1. The van der Waals surface area contributed by atoms with Gasteiger partial charge in [-0.05, 0) is 25.0 Å². The quantitative estimate of drug-likeness (QED) is 0.919. The van der Waals surface area contributed by atoms with E-state index < -0.39 is 11.8 Å². The molecule has 0 bridgehead atoms. The average molecular weight is 263 g/mol. The molecule has 0 aliphatic heterocycles. The normalized spacial score (nSPS) is 10.7. The summed E-state index contributed by atoms with van der Waals surface area (Å²) in [6.07, 6.45) is 1.20. The van der Waals surface area contributed by atoms with Gasteiger partial charge in [-0.3, -0.25) is 0 Å². The molecular formula is C13H14FN3O2. The van der Waals surface area contributed by atoms with Gasteiger partial charge < -0.3 is 5.11 Å². The van der Waals surface area contributed by atoms with Crippen LogP contribution in [0.3, 0.4) is 0 Å². The van der Waals surface area contributed by atoms with Gasteiger partial charge in [-0.1, -0.05) is 30.7 Å². The number of nitrogens with zero attached hydrogens (tertiary/aromatic N) is 3. The molecule has 0 fully saturated rings. The molecule has 0 saturated heterocycles. The second kappa shape index (κ2) is 5.17. The monoisotopic (exact) mass is 263 g/mol. The van der Waals surface area contributed by atoms with Crippen molar-refractivity contribution >= 4 is 5.97 Å². The molecule has 19 heavy (non-hydrogen) atoms. The highest BCUT2D eigenvalue weighted by molar-refractivity contribution is 5.86. The highest BCUT2D eigenvalue weighted by Crippen LogP contribution is 2.21. The summed E-state index contributed by atoms with van der Waals surface area (Å²) in [5.74, 6) is -1.59. The molecule has 1 aromatic heterocycles. The van der Waals surface area contributed by atoms with E-state index in [2.05, 4.69) is 10.3 Å². The topological polar surface area (TPSA) is 68.0 Å². The van der Waals surface area contributed by atoms with Crippen molar-refractivity contribution < 1.29 is 14.3 Å². The Bertz CT molecular complexity index is 602. The fourth-order valence-electron chi connectivity index (χ4n) is 2.00. The first kappa shape index (κ1) is 13.2. The molecule has 0 radical (unpaired) electrons. The summed E-state index contributed by atoms with van der Waals surface area (Å²) in [7, 11) is 0.